The number of carbonyl (C=O) groups is 2. The van der Waals surface area contributed by atoms with Crippen LogP contribution < -0.4 is 14.8 Å². The number of unbranched alkanes of at least 4 members (excludes halogenated alkanes) is 1. The second-order valence-corrected chi connectivity index (χ2v) is 9.73. The molecule has 0 bridgehead atoms. The lowest BCUT2D eigenvalue weighted by Gasteiger charge is -2.29. The molecule has 2 rings (SSSR count). The lowest BCUT2D eigenvalue weighted by molar-refractivity contribution is -0.132. The molecule has 7 nitrogen and oxygen atoms in total. The van der Waals surface area contributed by atoms with Gasteiger partial charge in [0, 0.05) is 24.5 Å². The highest BCUT2D eigenvalue weighted by atomic mass is 32.1. The van der Waals surface area contributed by atoms with Crippen molar-refractivity contribution in [2.75, 3.05) is 40.4 Å². The summed E-state index contributed by atoms with van der Waals surface area (Å²) < 4.78 is 10.7. The summed E-state index contributed by atoms with van der Waals surface area (Å²) in [5.74, 6) is 1.56. The Labute approximate surface area is 208 Å². The summed E-state index contributed by atoms with van der Waals surface area (Å²) in [6.45, 7) is 8.48. The zero-order chi connectivity index (χ0) is 24.9. The zero-order valence-electron chi connectivity index (χ0n) is 21.1. The molecule has 0 spiro atoms. The molecule has 1 aromatic carbocycles. The van der Waals surface area contributed by atoms with Crippen molar-refractivity contribution < 1.29 is 19.1 Å². The summed E-state index contributed by atoms with van der Waals surface area (Å²) in [5, 5.41) is 4.97. The molecule has 1 aromatic heterocycles. The number of hydrogen-bond acceptors (Lipinski definition) is 5. The molecule has 0 saturated carbocycles. The molecule has 0 saturated heterocycles. The van der Waals surface area contributed by atoms with Gasteiger partial charge in [-0.1, -0.05) is 39.3 Å². The van der Waals surface area contributed by atoms with E-state index in [2.05, 4.69) is 26.1 Å². The number of hydrogen-bond donors (Lipinski definition) is 1. The predicted molar refractivity (Wildman–Crippen MR) is 138 cm³/mol. The van der Waals surface area contributed by atoms with Gasteiger partial charge in [-0.05, 0) is 47.9 Å². The Kier molecular flexibility index (Phi) is 11.7. The van der Waals surface area contributed by atoms with Crippen LogP contribution in [-0.4, -0.2) is 62.1 Å². The number of carbonyl (C=O) groups excluding carboxylic acids is 2. The van der Waals surface area contributed by atoms with E-state index in [0.717, 1.165) is 23.3 Å². The van der Waals surface area contributed by atoms with E-state index in [-0.39, 0.29) is 24.4 Å². The molecule has 0 aliphatic carbocycles. The average molecular weight is 490 g/mol. The fourth-order valence-corrected chi connectivity index (χ4v) is 4.31. The molecule has 0 radical (unpaired) electrons. The van der Waals surface area contributed by atoms with Crippen molar-refractivity contribution >= 4 is 23.3 Å². The third-order valence-corrected chi connectivity index (χ3v) is 6.26. The first-order valence-electron chi connectivity index (χ1n) is 11.9. The van der Waals surface area contributed by atoms with Gasteiger partial charge in [0.1, 0.15) is 6.54 Å². The summed E-state index contributed by atoms with van der Waals surface area (Å²) in [6.07, 6.45) is 2.60. The number of urea groups is 1. The normalized spacial score (nSPS) is 10.8. The number of nitrogens with zero attached hydrogens (tertiary/aromatic N) is 2. The van der Waals surface area contributed by atoms with Crippen LogP contribution in [0.1, 0.15) is 44.1 Å². The lowest BCUT2D eigenvalue weighted by atomic mass is 10.1. The van der Waals surface area contributed by atoms with E-state index in [9.17, 15) is 9.59 Å². The third kappa shape index (κ3) is 8.89. The highest BCUT2D eigenvalue weighted by Gasteiger charge is 2.22. The van der Waals surface area contributed by atoms with Gasteiger partial charge < -0.3 is 24.6 Å². The van der Waals surface area contributed by atoms with Crippen molar-refractivity contribution in [1.82, 2.24) is 15.1 Å². The fourth-order valence-electron chi connectivity index (χ4n) is 3.59. The summed E-state index contributed by atoms with van der Waals surface area (Å²) >= 11 is 1.63. The molecule has 1 heterocycles. The second kappa shape index (κ2) is 14.5. The minimum atomic E-state index is -0.175. The molecule has 0 aliphatic rings. The standard InChI is InChI=1S/C26H39N3O4S/c1-6-7-13-27-26(31)29(17-20(2)3)19-25(30)28(18-22-9-8-15-34-22)14-12-21-10-11-23(32-4)24(16-21)33-5/h8-11,15-16,20H,6-7,12-14,17-19H2,1-5H3,(H,27,31). The van der Waals surface area contributed by atoms with Crippen LogP contribution in [0.15, 0.2) is 35.7 Å². The van der Waals surface area contributed by atoms with Crippen LogP contribution >= 0.6 is 11.3 Å². The Hall–Kier alpha value is -2.74. The lowest BCUT2D eigenvalue weighted by Crippen LogP contribution is -2.48. The molecule has 1 N–H and O–H groups in total. The van der Waals surface area contributed by atoms with Crippen LogP contribution in [0.5, 0.6) is 11.5 Å². The van der Waals surface area contributed by atoms with Crippen LogP contribution in [-0.2, 0) is 17.8 Å². The topological polar surface area (TPSA) is 71.1 Å². The van der Waals surface area contributed by atoms with Crippen LogP contribution in [0.25, 0.3) is 0 Å². The largest absolute Gasteiger partial charge is 0.493 e. The van der Waals surface area contributed by atoms with E-state index < -0.39 is 0 Å². The molecule has 34 heavy (non-hydrogen) atoms. The Morgan fingerprint density at radius 3 is 2.47 bits per heavy atom. The summed E-state index contributed by atoms with van der Waals surface area (Å²) in [4.78, 5) is 30.8. The molecular formula is C26H39N3O4S. The molecule has 0 aliphatic heterocycles. The summed E-state index contributed by atoms with van der Waals surface area (Å²) in [7, 11) is 3.23. The van der Waals surface area contributed by atoms with E-state index in [0.29, 0.717) is 44.1 Å². The van der Waals surface area contributed by atoms with Crippen molar-refractivity contribution in [3.8, 4) is 11.5 Å². The molecular weight excluding hydrogens is 450 g/mol. The Morgan fingerprint density at radius 2 is 1.85 bits per heavy atom. The third-order valence-electron chi connectivity index (χ3n) is 5.40. The number of amides is 3. The maximum absolute atomic E-state index is 13.4. The number of rotatable bonds is 14. The zero-order valence-corrected chi connectivity index (χ0v) is 22.0. The van der Waals surface area contributed by atoms with Gasteiger partial charge >= 0.3 is 6.03 Å². The monoisotopic (exact) mass is 489 g/mol. The molecule has 0 atom stereocenters. The fraction of sp³-hybridized carbons (Fsp3) is 0.538. The predicted octanol–water partition coefficient (Wildman–Crippen LogP) is 4.80. The number of methoxy groups -OCH3 is 2. The molecule has 0 unspecified atom stereocenters. The van der Waals surface area contributed by atoms with E-state index in [1.165, 1.54) is 0 Å². The van der Waals surface area contributed by atoms with Crippen molar-refractivity contribution in [2.45, 2.75) is 46.6 Å². The first kappa shape index (κ1) is 27.5. The highest BCUT2D eigenvalue weighted by molar-refractivity contribution is 7.09. The van der Waals surface area contributed by atoms with Gasteiger partial charge in [0.15, 0.2) is 11.5 Å². The van der Waals surface area contributed by atoms with E-state index >= 15 is 0 Å². The molecule has 8 heteroatoms. The molecule has 0 fully saturated rings. The summed E-state index contributed by atoms with van der Waals surface area (Å²) in [5.41, 5.74) is 1.05. The number of ether oxygens (including phenoxy) is 2. The van der Waals surface area contributed by atoms with E-state index in [1.807, 2.05) is 40.6 Å². The van der Waals surface area contributed by atoms with Crippen LogP contribution in [0.3, 0.4) is 0 Å². The Morgan fingerprint density at radius 1 is 1.09 bits per heavy atom. The maximum Gasteiger partial charge on any atom is 0.317 e. The number of benzene rings is 1. The Bertz CT molecular complexity index is 886. The number of nitrogens with one attached hydrogen (secondary N) is 1. The van der Waals surface area contributed by atoms with Gasteiger partial charge in [0.2, 0.25) is 5.91 Å². The Balaban J connectivity index is 2.12. The van der Waals surface area contributed by atoms with Crippen LogP contribution in [0.4, 0.5) is 4.79 Å². The molecule has 3 amide bonds. The highest BCUT2D eigenvalue weighted by Crippen LogP contribution is 2.28. The van der Waals surface area contributed by atoms with Crippen LogP contribution in [0, 0.1) is 5.92 Å². The van der Waals surface area contributed by atoms with Crippen molar-refractivity contribution in [3.05, 3.63) is 46.2 Å². The quantitative estimate of drug-likeness (QED) is 0.387. The van der Waals surface area contributed by atoms with Gasteiger partial charge in [-0.2, -0.15) is 0 Å². The van der Waals surface area contributed by atoms with Gasteiger partial charge in [-0.25, -0.2) is 4.79 Å². The first-order valence-corrected chi connectivity index (χ1v) is 12.8. The average Bonchev–Trinajstić information content (AvgIpc) is 3.34. The van der Waals surface area contributed by atoms with Gasteiger partial charge in [0.05, 0.1) is 20.8 Å². The first-order chi connectivity index (χ1) is 16.4. The van der Waals surface area contributed by atoms with E-state index in [4.69, 9.17) is 9.47 Å². The van der Waals surface area contributed by atoms with Crippen molar-refractivity contribution in [2.24, 2.45) is 5.92 Å². The summed E-state index contributed by atoms with van der Waals surface area (Å²) in [6, 6.07) is 9.66. The van der Waals surface area contributed by atoms with Crippen LogP contribution in [0.2, 0.25) is 0 Å². The minimum Gasteiger partial charge on any atom is -0.493 e. The number of thiophene rings is 1. The molecule has 188 valence electrons. The van der Waals surface area contributed by atoms with E-state index in [1.54, 1.807) is 30.5 Å². The maximum atomic E-state index is 13.4. The second-order valence-electron chi connectivity index (χ2n) is 8.69. The SMILES string of the molecule is CCCCNC(=O)N(CC(=O)N(CCc1ccc(OC)c(OC)c1)Cc1cccs1)CC(C)C. The minimum absolute atomic E-state index is 0.0554. The van der Waals surface area contributed by atoms with Gasteiger partial charge in [0.25, 0.3) is 0 Å². The van der Waals surface area contributed by atoms with Crippen molar-refractivity contribution in [1.29, 1.82) is 0 Å². The van der Waals surface area contributed by atoms with Crippen molar-refractivity contribution in [3.63, 3.8) is 0 Å². The van der Waals surface area contributed by atoms with Gasteiger partial charge in [-0.15, -0.1) is 11.3 Å². The smallest absolute Gasteiger partial charge is 0.317 e. The molecule has 2 aromatic rings. The van der Waals surface area contributed by atoms with Gasteiger partial charge in [-0.3, -0.25) is 4.79 Å².